The number of hydrogen-bond acceptors (Lipinski definition) is 2. The first-order chi connectivity index (χ1) is 4.33. The number of methoxy groups -OCH3 is 1. The Morgan fingerprint density at radius 3 is 2.67 bits per heavy atom. The van der Waals surface area contributed by atoms with Gasteiger partial charge in [-0.1, -0.05) is 11.8 Å². The lowest BCUT2D eigenvalue weighted by Gasteiger charge is -2.13. The molecule has 2 atom stereocenters. The van der Waals surface area contributed by atoms with Crippen molar-refractivity contribution in [1.82, 2.24) is 0 Å². The molecule has 0 aromatic rings. The zero-order valence-electron chi connectivity index (χ0n) is 5.42. The molecule has 0 aliphatic heterocycles. The smallest absolute Gasteiger partial charge is 0.118 e. The molecule has 2 nitrogen and oxygen atoms in total. The van der Waals surface area contributed by atoms with Gasteiger partial charge in [-0.2, -0.15) is 0 Å². The average molecular weight is 126 g/mol. The summed E-state index contributed by atoms with van der Waals surface area (Å²) in [5.41, 5.74) is 0. The van der Waals surface area contributed by atoms with Crippen molar-refractivity contribution in [1.29, 1.82) is 0 Å². The fourth-order valence-corrected chi connectivity index (χ4v) is 0.819. The van der Waals surface area contributed by atoms with E-state index in [1.165, 1.54) is 0 Å². The average Bonchev–Trinajstić information content (AvgIpc) is 1.90. The van der Waals surface area contributed by atoms with Crippen molar-refractivity contribution in [2.75, 3.05) is 7.11 Å². The van der Waals surface area contributed by atoms with Crippen LogP contribution in [0.4, 0.5) is 0 Å². The summed E-state index contributed by atoms with van der Waals surface area (Å²) in [6.07, 6.45) is 1.22. The van der Waals surface area contributed by atoms with Crippen LogP contribution >= 0.6 is 0 Å². The molecule has 1 aliphatic rings. The summed E-state index contributed by atoms with van der Waals surface area (Å²) in [5.74, 6) is 5.46. The van der Waals surface area contributed by atoms with Crippen molar-refractivity contribution in [3.05, 3.63) is 0 Å². The summed E-state index contributed by atoms with van der Waals surface area (Å²) in [6, 6.07) is 0. The molecule has 0 heterocycles. The number of hydrogen-bond donors (Lipinski definition) is 1. The van der Waals surface area contributed by atoms with Crippen molar-refractivity contribution < 1.29 is 9.84 Å². The first-order valence-electron chi connectivity index (χ1n) is 3.05. The minimum absolute atomic E-state index is 0.0494. The summed E-state index contributed by atoms with van der Waals surface area (Å²) in [5, 5.41) is 8.89. The molecule has 0 spiro atoms. The lowest BCUT2D eigenvalue weighted by Crippen LogP contribution is -2.17. The standard InChI is InChI=1S/C7H10O2/c1-9-7-4-2-6(8)3-5-7/h6-8H,2,4H2,1H3. The molecular formula is C7H10O2. The van der Waals surface area contributed by atoms with E-state index in [1.807, 2.05) is 0 Å². The maximum absolute atomic E-state index is 8.89. The van der Waals surface area contributed by atoms with Gasteiger partial charge in [-0.25, -0.2) is 0 Å². The second kappa shape index (κ2) is 2.86. The van der Waals surface area contributed by atoms with E-state index in [9.17, 15) is 0 Å². The fraction of sp³-hybridized carbons (Fsp3) is 0.714. The van der Waals surface area contributed by atoms with Crippen molar-refractivity contribution in [2.45, 2.75) is 25.0 Å². The Bertz CT molecular complexity index is 143. The van der Waals surface area contributed by atoms with E-state index < -0.39 is 6.10 Å². The quantitative estimate of drug-likeness (QED) is 0.507. The van der Waals surface area contributed by atoms with E-state index >= 15 is 0 Å². The van der Waals surface area contributed by atoms with Crippen LogP contribution in [0.2, 0.25) is 0 Å². The Labute approximate surface area is 54.8 Å². The Hall–Kier alpha value is -0.520. The number of aliphatic hydroxyl groups is 1. The second-order valence-corrected chi connectivity index (χ2v) is 2.11. The third kappa shape index (κ3) is 1.70. The highest BCUT2D eigenvalue weighted by atomic mass is 16.5. The van der Waals surface area contributed by atoms with Crippen LogP contribution in [-0.2, 0) is 4.74 Å². The maximum Gasteiger partial charge on any atom is 0.118 e. The predicted molar refractivity (Wildman–Crippen MR) is 33.8 cm³/mol. The van der Waals surface area contributed by atoms with Gasteiger partial charge in [0.15, 0.2) is 0 Å². The van der Waals surface area contributed by atoms with Crippen LogP contribution in [-0.4, -0.2) is 24.4 Å². The highest BCUT2D eigenvalue weighted by Crippen LogP contribution is 2.07. The molecule has 0 fully saturated rings. The highest BCUT2D eigenvalue weighted by molar-refractivity contribution is 5.13. The Balaban J connectivity index is 2.46. The molecule has 1 aliphatic carbocycles. The number of aliphatic hydroxyl groups excluding tert-OH is 1. The number of ether oxygens (including phenoxy) is 1. The minimum atomic E-state index is -0.420. The molecule has 0 bridgehead atoms. The highest BCUT2D eigenvalue weighted by Gasteiger charge is 2.10. The SMILES string of the molecule is COC1C#CC(O)CC1. The molecule has 0 saturated heterocycles. The van der Waals surface area contributed by atoms with Crippen LogP contribution in [0.5, 0.6) is 0 Å². The summed E-state index contributed by atoms with van der Waals surface area (Å²) >= 11 is 0. The van der Waals surface area contributed by atoms with Gasteiger partial charge >= 0.3 is 0 Å². The van der Waals surface area contributed by atoms with Gasteiger partial charge in [0.25, 0.3) is 0 Å². The second-order valence-electron chi connectivity index (χ2n) is 2.11. The summed E-state index contributed by atoms with van der Waals surface area (Å²) in [6.45, 7) is 0. The largest absolute Gasteiger partial charge is 0.380 e. The van der Waals surface area contributed by atoms with Gasteiger partial charge in [-0.05, 0) is 12.8 Å². The fourth-order valence-electron chi connectivity index (χ4n) is 0.819. The van der Waals surface area contributed by atoms with E-state index in [0.29, 0.717) is 0 Å². The van der Waals surface area contributed by atoms with Gasteiger partial charge in [0.1, 0.15) is 12.2 Å². The Kier molecular flexibility index (Phi) is 2.10. The molecule has 0 radical (unpaired) electrons. The molecule has 0 amide bonds. The molecule has 0 saturated carbocycles. The maximum atomic E-state index is 8.89. The van der Waals surface area contributed by atoms with Gasteiger partial charge in [0.2, 0.25) is 0 Å². The van der Waals surface area contributed by atoms with Gasteiger partial charge in [-0.3, -0.25) is 0 Å². The number of rotatable bonds is 1. The van der Waals surface area contributed by atoms with Crippen LogP contribution in [0.25, 0.3) is 0 Å². The van der Waals surface area contributed by atoms with Crippen LogP contribution in [0, 0.1) is 11.8 Å². The Morgan fingerprint density at radius 1 is 1.44 bits per heavy atom. The van der Waals surface area contributed by atoms with E-state index in [4.69, 9.17) is 9.84 Å². The molecule has 1 rings (SSSR count). The molecular weight excluding hydrogens is 116 g/mol. The molecule has 2 heteroatoms. The topological polar surface area (TPSA) is 29.5 Å². The van der Waals surface area contributed by atoms with Crippen LogP contribution < -0.4 is 0 Å². The molecule has 50 valence electrons. The van der Waals surface area contributed by atoms with Gasteiger partial charge < -0.3 is 9.84 Å². The first kappa shape index (κ1) is 6.60. The van der Waals surface area contributed by atoms with Crippen molar-refractivity contribution >= 4 is 0 Å². The van der Waals surface area contributed by atoms with Gasteiger partial charge in [0.05, 0.1) is 0 Å². The molecule has 9 heavy (non-hydrogen) atoms. The van der Waals surface area contributed by atoms with E-state index in [0.717, 1.165) is 12.8 Å². The van der Waals surface area contributed by atoms with Crippen LogP contribution in [0.1, 0.15) is 12.8 Å². The first-order valence-corrected chi connectivity index (χ1v) is 3.05. The third-order valence-electron chi connectivity index (χ3n) is 1.40. The molecule has 0 aromatic carbocycles. The molecule has 1 N–H and O–H groups in total. The van der Waals surface area contributed by atoms with Crippen LogP contribution in [0.15, 0.2) is 0 Å². The summed E-state index contributed by atoms with van der Waals surface area (Å²) < 4.78 is 4.95. The monoisotopic (exact) mass is 126 g/mol. The summed E-state index contributed by atoms with van der Waals surface area (Å²) in [7, 11) is 1.64. The van der Waals surface area contributed by atoms with Gasteiger partial charge in [-0.15, -0.1) is 0 Å². The van der Waals surface area contributed by atoms with E-state index in [-0.39, 0.29) is 6.10 Å². The Morgan fingerprint density at radius 2 is 2.22 bits per heavy atom. The van der Waals surface area contributed by atoms with Crippen LogP contribution in [0.3, 0.4) is 0 Å². The van der Waals surface area contributed by atoms with Crippen molar-refractivity contribution in [3.8, 4) is 11.8 Å². The zero-order valence-corrected chi connectivity index (χ0v) is 5.42. The lowest BCUT2D eigenvalue weighted by molar-refractivity contribution is 0.114. The van der Waals surface area contributed by atoms with Crippen molar-refractivity contribution in [3.63, 3.8) is 0 Å². The zero-order chi connectivity index (χ0) is 6.69. The van der Waals surface area contributed by atoms with E-state index in [2.05, 4.69) is 11.8 Å². The summed E-state index contributed by atoms with van der Waals surface area (Å²) in [4.78, 5) is 0. The predicted octanol–water partition coefficient (Wildman–Crippen LogP) is 0.159. The molecule has 0 aromatic heterocycles. The third-order valence-corrected chi connectivity index (χ3v) is 1.40. The van der Waals surface area contributed by atoms with Gasteiger partial charge in [0, 0.05) is 7.11 Å². The van der Waals surface area contributed by atoms with E-state index in [1.54, 1.807) is 7.11 Å². The molecule has 2 unspecified atom stereocenters. The normalized spacial score (nSPS) is 33.1. The lowest BCUT2D eigenvalue weighted by atomic mass is 10.1. The minimum Gasteiger partial charge on any atom is -0.380 e. The van der Waals surface area contributed by atoms with Crippen molar-refractivity contribution in [2.24, 2.45) is 0 Å².